The molecule has 1 saturated carbocycles. The van der Waals surface area contributed by atoms with Crippen LogP contribution in [-0.4, -0.2) is 5.78 Å². The Labute approximate surface area is 89.1 Å². The lowest BCUT2D eigenvalue weighted by molar-refractivity contribution is -0.141. The summed E-state index contributed by atoms with van der Waals surface area (Å²) in [5.74, 6) is 0.968. The third-order valence-corrected chi connectivity index (χ3v) is 4.52. The van der Waals surface area contributed by atoms with Crippen LogP contribution in [0.4, 0.5) is 0 Å². The highest BCUT2D eigenvalue weighted by Crippen LogP contribution is 2.54. The molecule has 2 rings (SSSR count). The van der Waals surface area contributed by atoms with Crippen LogP contribution in [0.3, 0.4) is 0 Å². The molecule has 1 nitrogen and oxygen atoms in total. The van der Waals surface area contributed by atoms with Gasteiger partial charge in [0.15, 0.2) is 0 Å². The van der Waals surface area contributed by atoms with Crippen LogP contribution in [0.2, 0.25) is 0 Å². The van der Waals surface area contributed by atoms with Gasteiger partial charge in [0, 0.05) is 17.8 Å². The number of carbonyl (C=O) groups excluding carboxylic acids is 1. The Morgan fingerprint density at radius 3 is 2.64 bits per heavy atom. The molecule has 0 aromatic carbocycles. The van der Waals surface area contributed by atoms with Crippen molar-refractivity contribution >= 4 is 17.1 Å². The molecule has 0 amide bonds. The van der Waals surface area contributed by atoms with E-state index in [0.717, 1.165) is 19.3 Å². The van der Waals surface area contributed by atoms with Gasteiger partial charge in [-0.3, -0.25) is 4.79 Å². The summed E-state index contributed by atoms with van der Waals surface area (Å²) in [5, 5.41) is 4.30. The molecule has 14 heavy (non-hydrogen) atoms. The van der Waals surface area contributed by atoms with Crippen LogP contribution in [0.25, 0.3) is 0 Å². The van der Waals surface area contributed by atoms with Crippen molar-refractivity contribution < 1.29 is 4.79 Å². The molecule has 1 heterocycles. The fourth-order valence-electron chi connectivity index (χ4n) is 2.69. The molecule has 0 radical (unpaired) electrons. The lowest BCUT2D eigenvalue weighted by atomic mass is 9.54. The number of hydrogen-bond acceptors (Lipinski definition) is 2. The molecule has 2 heteroatoms. The van der Waals surface area contributed by atoms with E-state index in [2.05, 4.69) is 30.7 Å². The maximum absolute atomic E-state index is 11.7. The van der Waals surface area contributed by atoms with Crippen molar-refractivity contribution in [2.24, 2.45) is 5.41 Å². The van der Waals surface area contributed by atoms with E-state index in [0.29, 0.717) is 11.7 Å². The first-order chi connectivity index (χ1) is 6.74. The molecule has 1 aliphatic carbocycles. The van der Waals surface area contributed by atoms with E-state index in [4.69, 9.17) is 0 Å². The molecule has 1 aromatic heterocycles. The Bertz CT molecular complexity index is 322. The smallest absolute Gasteiger partial charge is 0.140 e. The minimum atomic E-state index is -0.0267. The summed E-state index contributed by atoms with van der Waals surface area (Å²) < 4.78 is 0. The highest BCUT2D eigenvalue weighted by atomic mass is 32.1. The van der Waals surface area contributed by atoms with Gasteiger partial charge in [-0.15, -0.1) is 0 Å². The normalized spacial score (nSPS) is 24.7. The number of hydrogen-bond donors (Lipinski definition) is 0. The Kier molecular flexibility index (Phi) is 2.48. The maximum Gasteiger partial charge on any atom is 0.140 e. The van der Waals surface area contributed by atoms with E-state index in [1.54, 1.807) is 11.3 Å². The second-order valence-corrected chi connectivity index (χ2v) is 4.88. The number of rotatable bonds is 3. The molecular weight excluding hydrogens is 192 g/mol. The predicted octanol–water partition coefficient (Wildman–Crippen LogP) is 3.61. The van der Waals surface area contributed by atoms with Gasteiger partial charge in [-0.25, -0.2) is 0 Å². The van der Waals surface area contributed by atoms with Crippen LogP contribution >= 0.6 is 11.3 Å². The summed E-state index contributed by atoms with van der Waals surface area (Å²) in [6.45, 7) is 4.28. The van der Waals surface area contributed by atoms with Gasteiger partial charge in [0.2, 0.25) is 0 Å². The van der Waals surface area contributed by atoms with Crippen molar-refractivity contribution in [1.29, 1.82) is 0 Å². The van der Waals surface area contributed by atoms with Crippen LogP contribution in [0.15, 0.2) is 16.8 Å². The van der Waals surface area contributed by atoms with Crippen molar-refractivity contribution in [2.45, 2.75) is 39.0 Å². The first kappa shape index (κ1) is 9.91. The molecule has 1 fully saturated rings. The first-order valence-electron chi connectivity index (χ1n) is 5.30. The van der Waals surface area contributed by atoms with Gasteiger partial charge in [-0.2, -0.15) is 11.3 Å². The number of ketones is 1. The van der Waals surface area contributed by atoms with Crippen molar-refractivity contribution in [3.63, 3.8) is 0 Å². The van der Waals surface area contributed by atoms with Gasteiger partial charge in [-0.1, -0.05) is 13.8 Å². The monoisotopic (exact) mass is 208 g/mol. The van der Waals surface area contributed by atoms with Gasteiger partial charge in [-0.05, 0) is 35.2 Å². The molecule has 1 aliphatic rings. The lowest BCUT2D eigenvalue weighted by Crippen LogP contribution is -2.47. The Hall–Kier alpha value is -0.630. The minimum absolute atomic E-state index is 0.0267. The van der Waals surface area contributed by atoms with Crippen LogP contribution in [-0.2, 0) is 4.79 Å². The van der Waals surface area contributed by atoms with Crippen molar-refractivity contribution in [2.75, 3.05) is 0 Å². The molecule has 0 spiro atoms. The van der Waals surface area contributed by atoms with E-state index in [1.807, 2.05) is 0 Å². The molecule has 1 atom stereocenters. The van der Waals surface area contributed by atoms with Crippen molar-refractivity contribution in [1.82, 2.24) is 0 Å². The summed E-state index contributed by atoms with van der Waals surface area (Å²) in [4.78, 5) is 11.7. The van der Waals surface area contributed by atoms with Crippen LogP contribution < -0.4 is 0 Å². The maximum atomic E-state index is 11.7. The number of carbonyl (C=O) groups is 1. The standard InChI is InChI=1S/C12H16OS/c1-3-12(4-2)10(7-11(12)13)9-5-6-14-8-9/h5-6,8,10H,3-4,7H2,1-2H3. The Morgan fingerprint density at radius 2 is 2.21 bits per heavy atom. The third-order valence-electron chi connectivity index (χ3n) is 3.82. The fourth-order valence-corrected chi connectivity index (χ4v) is 3.41. The van der Waals surface area contributed by atoms with Gasteiger partial charge in [0.1, 0.15) is 5.78 Å². The van der Waals surface area contributed by atoms with Gasteiger partial charge in [0.25, 0.3) is 0 Å². The zero-order chi connectivity index (χ0) is 10.2. The zero-order valence-electron chi connectivity index (χ0n) is 8.75. The summed E-state index contributed by atoms with van der Waals surface area (Å²) in [6.07, 6.45) is 2.74. The average molecular weight is 208 g/mol. The highest BCUT2D eigenvalue weighted by Gasteiger charge is 2.52. The number of Topliss-reactive ketones (excluding diaryl/α,β-unsaturated/α-hetero) is 1. The first-order valence-corrected chi connectivity index (χ1v) is 6.24. The van der Waals surface area contributed by atoms with Gasteiger partial charge < -0.3 is 0 Å². The fraction of sp³-hybridized carbons (Fsp3) is 0.583. The van der Waals surface area contributed by atoms with Crippen molar-refractivity contribution in [3.8, 4) is 0 Å². The second kappa shape index (κ2) is 3.50. The van der Waals surface area contributed by atoms with Crippen LogP contribution in [0, 0.1) is 5.41 Å². The Balaban J connectivity index is 2.27. The Morgan fingerprint density at radius 1 is 1.50 bits per heavy atom. The number of thiophene rings is 1. The third kappa shape index (κ3) is 1.17. The molecule has 76 valence electrons. The average Bonchev–Trinajstić information content (AvgIpc) is 2.69. The molecule has 0 bridgehead atoms. The quantitative estimate of drug-likeness (QED) is 0.741. The minimum Gasteiger partial charge on any atom is -0.299 e. The van der Waals surface area contributed by atoms with E-state index < -0.39 is 0 Å². The molecule has 1 aromatic rings. The van der Waals surface area contributed by atoms with Crippen LogP contribution in [0.1, 0.15) is 44.6 Å². The van der Waals surface area contributed by atoms with E-state index in [9.17, 15) is 4.79 Å². The van der Waals surface area contributed by atoms with E-state index in [1.165, 1.54) is 5.56 Å². The van der Waals surface area contributed by atoms with Gasteiger partial charge >= 0.3 is 0 Å². The predicted molar refractivity (Wildman–Crippen MR) is 59.7 cm³/mol. The summed E-state index contributed by atoms with van der Waals surface area (Å²) in [5.41, 5.74) is 1.35. The summed E-state index contributed by atoms with van der Waals surface area (Å²) in [6, 6.07) is 2.17. The second-order valence-electron chi connectivity index (χ2n) is 4.10. The zero-order valence-corrected chi connectivity index (χ0v) is 9.56. The van der Waals surface area contributed by atoms with Crippen LogP contribution in [0.5, 0.6) is 0 Å². The molecule has 1 unspecified atom stereocenters. The summed E-state index contributed by atoms with van der Waals surface area (Å²) in [7, 11) is 0. The molecule has 0 saturated heterocycles. The van der Waals surface area contributed by atoms with E-state index in [-0.39, 0.29) is 5.41 Å². The SMILES string of the molecule is CCC1(CC)C(=O)CC1c1ccsc1. The van der Waals surface area contributed by atoms with Gasteiger partial charge in [0.05, 0.1) is 0 Å². The molecule has 0 N–H and O–H groups in total. The van der Waals surface area contributed by atoms with Crippen molar-refractivity contribution in [3.05, 3.63) is 22.4 Å². The summed E-state index contributed by atoms with van der Waals surface area (Å²) >= 11 is 1.73. The largest absolute Gasteiger partial charge is 0.299 e. The van der Waals surface area contributed by atoms with E-state index >= 15 is 0 Å². The molecular formula is C12H16OS. The molecule has 0 aliphatic heterocycles. The topological polar surface area (TPSA) is 17.1 Å². The lowest BCUT2D eigenvalue weighted by Gasteiger charge is -2.47. The highest BCUT2D eigenvalue weighted by molar-refractivity contribution is 7.08.